The fourth-order valence-corrected chi connectivity index (χ4v) is 3.00. The van der Waals surface area contributed by atoms with Crippen LogP contribution in [-0.2, 0) is 37.9 Å². The molecule has 0 aliphatic carbocycles. The predicted molar refractivity (Wildman–Crippen MR) is 101 cm³/mol. The zero-order chi connectivity index (χ0) is 21.3. The Balaban J connectivity index is 2.16. The number of hydrogen-bond donors (Lipinski definition) is 0. The van der Waals surface area contributed by atoms with Crippen LogP contribution in [0.5, 0.6) is 0 Å². The van der Waals surface area contributed by atoms with E-state index in [0.717, 1.165) is 4.57 Å². The third kappa shape index (κ3) is 3.36. The quantitative estimate of drug-likeness (QED) is 0.613. The summed E-state index contributed by atoms with van der Waals surface area (Å²) in [4.78, 5) is 50.8. The van der Waals surface area contributed by atoms with Crippen molar-refractivity contribution in [3.63, 3.8) is 0 Å². The smallest absolute Gasteiger partial charge is 0.355 e. The maximum Gasteiger partial charge on any atom is 0.355 e. The van der Waals surface area contributed by atoms with Crippen LogP contribution in [0.25, 0.3) is 5.69 Å². The number of rotatable bonds is 4. The number of esters is 2. The number of ether oxygens (including phenoxy) is 3. The molecule has 3 rings (SSSR count). The van der Waals surface area contributed by atoms with Crippen LogP contribution in [0.3, 0.4) is 0 Å². The molecule has 1 aromatic carbocycles. The Kier molecular flexibility index (Phi) is 5.41. The summed E-state index contributed by atoms with van der Waals surface area (Å²) in [5.41, 5.74) is -0.364. The summed E-state index contributed by atoms with van der Waals surface area (Å²) < 4.78 is 18.3. The van der Waals surface area contributed by atoms with Crippen LogP contribution >= 0.6 is 0 Å². The fourth-order valence-electron chi connectivity index (χ4n) is 3.00. The normalized spacial score (nSPS) is 14.1. The van der Waals surface area contributed by atoms with Crippen molar-refractivity contribution >= 4 is 17.6 Å². The van der Waals surface area contributed by atoms with E-state index in [4.69, 9.17) is 14.2 Å². The molecular weight excluding hydrogens is 384 g/mol. The van der Waals surface area contributed by atoms with E-state index in [-0.39, 0.29) is 24.6 Å². The van der Waals surface area contributed by atoms with Crippen molar-refractivity contribution in [2.75, 3.05) is 32.5 Å². The third-order valence-electron chi connectivity index (χ3n) is 4.62. The Hall–Kier alpha value is -3.60. The van der Waals surface area contributed by atoms with Gasteiger partial charge in [-0.25, -0.2) is 33.1 Å². The van der Waals surface area contributed by atoms with Crippen LogP contribution in [0, 0.1) is 0 Å². The van der Waals surface area contributed by atoms with Gasteiger partial charge in [0.15, 0.2) is 0 Å². The van der Waals surface area contributed by atoms with Gasteiger partial charge in [-0.1, -0.05) is 6.07 Å². The van der Waals surface area contributed by atoms with Crippen LogP contribution < -0.4 is 16.3 Å². The molecule has 0 unspecified atom stereocenters. The molecule has 1 aromatic heterocycles. The second kappa shape index (κ2) is 7.80. The van der Waals surface area contributed by atoms with Crippen molar-refractivity contribution in [1.29, 1.82) is 0 Å². The zero-order valence-electron chi connectivity index (χ0n) is 16.4. The van der Waals surface area contributed by atoms with Gasteiger partial charge in [0.25, 0.3) is 0 Å². The van der Waals surface area contributed by atoms with Crippen molar-refractivity contribution in [3.8, 4) is 5.69 Å². The van der Waals surface area contributed by atoms with Gasteiger partial charge in [0.1, 0.15) is 12.4 Å². The van der Waals surface area contributed by atoms with Gasteiger partial charge in [0.2, 0.25) is 0 Å². The van der Waals surface area contributed by atoms with Crippen molar-refractivity contribution < 1.29 is 23.8 Å². The lowest BCUT2D eigenvalue weighted by atomic mass is 10.1. The Morgan fingerprint density at radius 1 is 0.966 bits per heavy atom. The maximum absolute atomic E-state index is 12.4. The highest BCUT2D eigenvalue weighted by Gasteiger charge is 2.32. The fraction of sp³-hybridized carbons (Fsp3) is 0.333. The average molecular weight is 404 g/mol. The number of nitrogens with zero attached hydrogens (tertiary/aromatic N) is 4. The molecule has 0 radical (unpaired) electrons. The summed E-state index contributed by atoms with van der Waals surface area (Å²) in [6.07, 6.45) is 0. The van der Waals surface area contributed by atoms with E-state index in [1.54, 1.807) is 18.2 Å². The summed E-state index contributed by atoms with van der Waals surface area (Å²) >= 11 is 0. The summed E-state index contributed by atoms with van der Waals surface area (Å²) in [6, 6.07) is 6.38. The molecule has 0 saturated carbocycles. The van der Waals surface area contributed by atoms with Gasteiger partial charge >= 0.3 is 23.3 Å². The summed E-state index contributed by atoms with van der Waals surface area (Å²) in [7, 11) is 5.34. The minimum Gasteiger partial charge on any atom is -0.466 e. The molecule has 0 amide bonds. The first kappa shape index (κ1) is 20.1. The van der Waals surface area contributed by atoms with Gasteiger partial charge in [-0.2, -0.15) is 0 Å². The summed E-state index contributed by atoms with van der Waals surface area (Å²) in [6.45, 7) is -0.165. The van der Waals surface area contributed by atoms with Gasteiger partial charge in [0.05, 0.1) is 32.1 Å². The Labute approximate surface area is 164 Å². The molecule has 0 fully saturated rings. The Morgan fingerprint density at radius 3 is 2.14 bits per heavy atom. The van der Waals surface area contributed by atoms with Crippen LogP contribution in [-0.4, -0.2) is 53.4 Å². The van der Waals surface area contributed by atoms with Crippen molar-refractivity contribution in [2.24, 2.45) is 14.1 Å². The molecule has 2 aromatic rings. The van der Waals surface area contributed by atoms with Crippen LogP contribution in [0.1, 0.15) is 0 Å². The molecule has 0 saturated heterocycles. The standard InChI is InChI=1S/C18H20N4O7/c1-19-17(25)22(18(26)20(19)2)12-7-5-6-11(8-12)21-10-29-9-13(15(23)27-3)14(21)16(24)28-4/h5-8H,9-10H2,1-4H3. The van der Waals surface area contributed by atoms with Gasteiger partial charge in [0, 0.05) is 19.8 Å². The molecule has 0 N–H and O–H groups in total. The molecule has 1 aliphatic rings. The number of carbonyl (C=O) groups is 2. The van der Waals surface area contributed by atoms with Crippen molar-refractivity contribution in [3.05, 3.63) is 56.5 Å². The molecule has 2 heterocycles. The SMILES string of the molecule is COC(=O)C1=C(C(=O)OC)N(c2cccc(-n3c(=O)n(C)n(C)c3=O)c2)COC1. The molecule has 0 atom stereocenters. The van der Waals surface area contributed by atoms with Crippen molar-refractivity contribution in [1.82, 2.24) is 13.9 Å². The highest BCUT2D eigenvalue weighted by atomic mass is 16.5. The largest absolute Gasteiger partial charge is 0.466 e. The van der Waals surface area contributed by atoms with E-state index >= 15 is 0 Å². The molecule has 154 valence electrons. The number of hydrogen-bond acceptors (Lipinski definition) is 8. The molecule has 11 heteroatoms. The highest BCUT2D eigenvalue weighted by Crippen LogP contribution is 2.27. The van der Waals surface area contributed by atoms with Crippen LogP contribution in [0.2, 0.25) is 0 Å². The second-order valence-corrected chi connectivity index (χ2v) is 6.18. The average Bonchev–Trinajstić information content (AvgIpc) is 2.94. The Morgan fingerprint density at radius 2 is 1.55 bits per heavy atom. The zero-order valence-corrected chi connectivity index (χ0v) is 16.4. The maximum atomic E-state index is 12.4. The molecule has 29 heavy (non-hydrogen) atoms. The number of methoxy groups -OCH3 is 2. The molecule has 0 spiro atoms. The third-order valence-corrected chi connectivity index (χ3v) is 4.62. The topological polar surface area (TPSA) is 114 Å². The highest BCUT2D eigenvalue weighted by molar-refractivity contribution is 6.03. The lowest BCUT2D eigenvalue weighted by Crippen LogP contribution is -2.39. The predicted octanol–water partition coefficient (Wildman–Crippen LogP) is -0.731. The van der Waals surface area contributed by atoms with E-state index in [1.807, 2.05) is 0 Å². The number of anilines is 1. The lowest BCUT2D eigenvalue weighted by molar-refractivity contribution is -0.140. The second-order valence-electron chi connectivity index (χ2n) is 6.18. The summed E-state index contributed by atoms with van der Waals surface area (Å²) in [5, 5.41) is 0. The van der Waals surface area contributed by atoms with E-state index in [9.17, 15) is 19.2 Å². The van der Waals surface area contributed by atoms with Gasteiger partial charge in [-0.05, 0) is 18.2 Å². The molecular formula is C18H20N4O7. The van der Waals surface area contributed by atoms with Gasteiger partial charge in [-0.15, -0.1) is 0 Å². The number of aromatic nitrogens is 3. The number of carbonyl (C=O) groups excluding carboxylic acids is 2. The first-order valence-corrected chi connectivity index (χ1v) is 8.52. The molecule has 11 nitrogen and oxygen atoms in total. The van der Waals surface area contributed by atoms with E-state index < -0.39 is 23.3 Å². The Bertz CT molecular complexity index is 1090. The monoisotopic (exact) mass is 404 g/mol. The van der Waals surface area contributed by atoms with Gasteiger partial charge in [-0.3, -0.25) is 0 Å². The number of benzene rings is 1. The first-order valence-electron chi connectivity index (χ1n) is 8.52. The minimum atomic E-state index is -0.744. The molecule has 1 aliphatic heterocycles. The van der Waals surface area contributed by atoms with Crippen molar-refractivity contribution in [2.45, 2.75) is 0 Å². The van der Waals surface area contributed by atoms with Gasteiger partial charge < -0.3 is 19.1 Å². The first-order chi connectivity index (χ1) is 13.8. The lowest BCUT2D eigenvalue weighted by Gasteiger charge is -2.31. The molecule has 0 bridgehead atoms. The summed E-state index contributed by atoms with van der Waals surface area (Å²) in [5.74, 6) is -1.47. The van der Waals surface area contributed by atoms with E-state index in [1.165, 1.54) is 48.6 Å². The van der Waals surface area contributed by atoms with E-state index in [0.29, 0.717) is 11.4 Å². The minimum absolute atomic E-state index is 0.00351. The van der Waals surface area contributed by atoms with Crippen LogP contribution in [0.4, 0.5) is 5.69 Å². The van der Waals surface area contributed by atoms with E-state index in [2.05, 4.69) is 0 Å². The van der Waals surface area contributed by atoms with Crippen LogP contribution in [0.15, 0.2) is 45.1 Å².